The number of hydrogen-bond acceptors (Lipinski definition) is 9. The second-order valence-corrected chi connectivity index (χ2v) is 6.08. The van der Waals surface area contributed by atoms with E-state index in [1.165, 1.54) is 6.07 Å². The van der Waals surface area contributed by atoms with Gasteiger partial charge < -0.3 is 26.3 Å². The second kappa shape index (κ2) is 9.97. The molecule has 0 aliphatic carbocycles. The van der Waals surface area contributed by atoms with Crippen LogP contribution in [0.15, 0.2) is 46.6 Å². The van der Waals surface area contributed by atoms with Gasteiger partial charge in [-0.05, 0) is 30.2 Å². The number of ether oxygens (including phenoxy) is 2. The first-order valence-corrected chi connectivity index (χ1v) is 8.51. The molecular weight excluding hydrogens is 364 g/mol. The number of nitrogens with two attached hydrogens (primary N) is 2. The number of nitrogen functional groups attached to an aromatic ring is 1. The summed E-state index contributed by atoms with van der Waals surface area (Å²) in [6.07, 6.45) is -0.822. The van der Waals surface area contributed by atoms with Gasteiger partial charge in [-0.2, -0.15) is 0 Å². The Hall–Kier alpha value is -3.53. The number of pyridine rings is 1. The highest BCUT2D eigenvalue weighted by molar-refractivity contribution is 5.91. The number of anilines is 2. The molecule has 0 saturated heterocycles. The molecule has 0 spiro atoms. The molecular formula is C18H22N6O4. The fraction of sp³-hybridized carbons (Fsp3) is 0.278. The van der Waals surface area contributed by atoms with Crippen LogP contribution in [0.3, 0.4) is 0 Å². The van der Waals surface area contributed by atoms with Crippen LogP contribution in [0.25, 0.3) is 0 Å². The first-order valence-electron chi connectivity index (χ1n) is 8.51. The van der Waals surface area contributed by atoms with Gasteiger partial charge in [0.05, 0.1) is 13.2 Å². The normalized spacial score (nSPS) is 10.9. The molecule has 148 valence electrons. The number of para-hydroxylation sites is 1. The molecule has 0 fully saturated rings. The second-order valence-electron chi connectivity index (χ2n) is 6.08. The van der Waals surface area contributed by atoms with Crippen LogP contribution in [-0.4, -0.2) is 30.2 Å². The first kappa shape index (κ1) is 20.8. The van der Waals surface area contributed by atoms with Crippen LogP contribution in [0.2, 0.25) is 0 Å². The number of benzene rings is 1. The van der Waals surface area contributed by atoms with Crippen molar-refractivity contribution in [2.24, 2.45) is 21.9 Å². The summed E-state index contributed by atoms with van der Waals surface area (Å²) in [4.78, 5) is 27.1. The summed E-state index contributed by atoms with van der Waals surface area (Å²) in [6.45, 7) is 3.92. The highest BCUT2D eigenvalue weighted by atomic mass is 16.7. The van der Waals surface area contributed by atoms with Crippen LogP contribution >= 0.6 is 0 Å². The van der Waals surface area contributed by atoms with Gasteiger partial charge in [0.15, 0.2) is 11.6 Å². The van der Waals surface area contributed by atoms with E-state index in [-0.39, 0.29) is 42.1 Å². The standard InChI is InChI=1S/C18H22N6O4/c1-11(2)10-27-18(26)28-14-6-4-3-5-12(14)23-24-13-7-8-15(22-17(13)20)21-16(25)9-19/h3-8,11H,9-10,19H2,1-2H3,(H3,20,21,22,25). The molecule has 0 saturated carbocycles. The molecule has 1 aromatic carbocycles. The highest BCUT2D eigenvalue weighted by Crippen LogP contribution is 2.30. The average molecular weight is 386 g/mol. The molecule has 0 radical (unpaired) electrons. The summed E-state index contributed by atoms with van der Waals surface area (Å²) < 4.78 is 10.2. The third kappa shape index (κ3) is 6.32. The monoisotopic (exact) mass is 386 g/mol. The van der Waals surface area contributed by atoms with Crippen LogP contribution < -0.4 is 21.5 Å². The number of azo groups is 1. The number of aromatic nitrogens is 1. The van der Waals surface area contributed by atoms with Crippen LogP contribution in [0, 0.1) is 5.92 Å². The van der Waals surface area contributed by atoms with E-state index in [2.05, 4.69) is 20.5 Å². The molecule has 1 amide bonds. The van der Waals surface area contributed by atoms with Crippen LogP contribution in [0.1, 0.15) is 13.8 Å². The van der Waals surface area contributed by atoms with Crippen molar-refractivity contribution in [3.05, 3.63) is 36.4 Å². The molecule has 10 heteroatoms. The minimum atomic E-state index is -0.822. The predicted octanol–water partition coefficient (Wildman–Crippen LogP) is 3.15. The quantitative estimate of drug-likeness (QED) is 0.375. The molecule has 28 heavy (non-hydrogen) atoms. The Morgan fingerprint density at radius 2 is 1.86 bits per heavy atom. The molecule has 5 N–H and O–H groups in total. The molecule has 0 bridgehead atoms. The van der Waals surface area contributed by atoms with Gasteiger partial charge in [0.1, 0.15) is 17.2 Å². The Morgan fingerprint density at radius 1 is 1.14 bits per heavy atom. The van der Waals surface area contributed by atoms with Crippen LogP contribution in [0.5, 0.6) is 5.75 Å². The van der Waals surface area contributed by atoms with Gasteiger partial charge in [0.2, 0.25) is 5.91 Å². The zero-order chi connectivity index (χ0) is 20.5. The van der Waals surface area contributed by atoms with Crippen molar-refractivity contribution in [1.82, 2.24) is 4.98 Å². The largest absolute Gasteiger partial charge is 0.513 e. The van der Waals surface area contributed by atoms with Crippen LogP contribution in [0.4, 0.5) is 27.8 Å². The molecule has 10 nitrogen and oxygen atoms in total. The topological polar surface area (TPSA) is 154 Å². The molecule has 0 unspecified atom stereocenters. The lowest BCUT2D eigenvalue weighted by Gasteiger charge is -2.09. The first-order chi connectivity index (χ1) is 13.4. The van der Waals surface area contributed by atoms with E-state index in [4.69, 9.17) is 20.9 Å². The Bertz CT molecular complexity index is 869. The van der Waals surface area contributed by atoms with Gasteiger partial charge in [0.25, 0.3) is 0 Å². The lowest BCUT2D eigenvalue weighted by molar-refractivity contribution is -0.114. The average Bonchev–Trinajstić information content (AvgIpc) is 2.66. The Balaban J connectivity index is 2.12. The summed E-state index contributed by atoms with van der Waals surface area (Å²) >= 11 is 0. The Kier molecular flexibility index (Phi) is 7.40. The smallest absolute Gasteiger partial charge is 0.434 e. The van der Waals surface area contributed by atoms with Gasteiger partial charge in [-0.15, -0.1) is 10.2 Å². The van der Waals surface area contributed by atoms with Crippen molar-refractivity contribution in [3.8, 4) is 5.75 Å². The summed E-state index contributed by atoms with van der Waals surface area (Å²) in [6, 6.07) is 9.65. The van der Waals surface area contributed by atoms with Crippen molar-refractivity contribution in [1.29, 1.82) is 0 Å². The van der Waals surface area contributed by atoms with E-state index < -0.39 is 12.1 Å². The molecule has 0 aliphatic heterocycles. The molecule has 0 aliphatic rings. The zero-order valence-corrected chi connectivity index (χ0v) is 15.6. The van der Waals surface area contributed by atoms with Crippen molar-refractivity contribution in [3.63, 3.8) is 0 Å². The van der Waals surface area contributed by atoms with Gasteiger partial charge >= 0.3 is 6.16 Å². The maximum absolute atomic E-state index is 11.8. The van der Waals surface area contributed by atoms with E-state index in [0.717, 1.165) is 0 Å². The third-order valence-corrected chi connectivity index (χ3v) is 3.21. The van der Waals surface area contributed by atoms with Gasteiger partial charge in [0, 0.05) is 0 Å². The maximum Gasteiger partial charge on any atom is 0.513 e. The van der Waals surface area contributed by atoms with E-state index in [0.29, 0.717) is 5.69 Å². The van der Waals surface area contributed by atoms with E-state index >= 15 is 0 Å². The number of nitrogens with one attached hydrogen (secondary N) is 1. The Labute approximate surface area is 161 Å². The van der Waals surface area contributed by atoms with Crippen molar-refractivity contribution in [2.75, 3.05) is 24.2 Å². The van der Waals surface area contributed by atoms with E-state index in [9.17, 15) is 9.59 Å². The summed E-state index contributed by atoms with van der Waals surface area (Å²) in [7, 11) is 0. The maximum atomic E-state index is 11.8. The summed E-state index contributed by atoms with van der Waals surface area (Å²) in [5.74, 6) is 0.308. The SMILES string of the molecule is CC(C)COC(=O)Oc1ccccc1N=Nc1ccc(NC(=O)CN)nc1N. The number of nitrogens with zero attached hydrogens (tertiary/aromatic N) is 3. The number of rotatable bonds is 7. The molecule has 0 atom stereocenters. The fourth-order valence-corrected chi connectivity index (χ4v) is 1.90. The zero-order valence-electron chi connectivity index (χ0n) is 15.6. The lowest BCUT2D eigenvalue weighted by atomic mass is 10.2. The minimum Gasteiger partial charge on any atom is -0.434 e. The van der Waals surface area contributed by atoms with E-state index in [1.54, 1.807) is 30.3 Å². The third-order valence-electron chi connectivity index (χ3n) is 3.21. The van der Waals surface area contributed by atoms with Crippen molar-refractivity contribution in [2.45, 2.75) is 13.8 Å². The van der Waals surface area contributed by atoms with Gasteiger partial charge in [-0.3, -0.25) is 4.79 Å². The number of amides is 1. The number of carbonyl (C=O) groups excluding carboxylic acids is 2. The Morgan fingerprint density at radius 3 is 2.54 bits per heavy atom. The summed E-state index contributed by atoms with van der Waals surface area (Å²) in [5.41, 5.74) is 11.7. The summed E-state index contributed by atoms with van der Waals surface area (Å²) in [5, 5.41) is 10.6. The molecule has 1 aromatic heterocycles. The van der Waals surface area contributed by atoms with E-state index in [1.807, 2.05) is 13.8 Å². The van der Waals surface area contributed by atoms with Crippen LogP contribution in [-0.2, 0) is 9.53 Å². The van der Waals surface area contributed by atoms with Gasteiger partial charge in [-0.25, -0.2) is 9.78 Å². The highest BCUT2D eigenvalue weighted by Gasteiger charge is 2.11. The molecule has 1 heterocycles. The number of hydrogen-bond donors (Lipinski definition) is 3. The van der Waals surface area contributed by atoms with Crippen molar-refractivity contribution >= 4 is 35.1 Å². The van der Waals surface area contributed by atoms with Crippen molar-refractivity contribution < 1.29 is 19.1 Å². The fourth-order valence-electron chi connectivity index (χ4n) is 1.90. The molecule has 2 aromatic rings. The van der Waals surface area contributed by atoms with Gasteiger partial charge in [-0.1, -0.05) is 26.0 Å². The minimum absolute atomic E-state index is 0.0633. The molecule has 2 rings (SSSR count). The number of carbonyl (C=O) groups is 2. The predicted molar refractivity (Wildman–Crippen MR) is 104 cm³/mol. The lowest BCUT2D eigenvalue weighted by Crippen LogP contribution is -2.22.